The summed E-state index contributed by atoms with van der Waals surface area (Å²) >= 11 is 1.57. The van der Waals surface area contributed by atoms with Crippen molar-refractivity contribution in [3.05, 3.63) is 64.1 Å². The van der Waals surface area contributed by atoms with Gasteiger partial charge in [-0.3, -0.25) is 38.2 Å². The van der Waals surface area contributed by atoms with Crippen LogP contribution in [0.5, 0.6) is 0 Å². The molecule has 3 aromatic rings. The van der Waals surface area contributed by atoms with Crippen LogP contribution in [-0.4, -0.2) is 125 Å². The number of rotatable bonds is 20. The van der Waals surface area contributed by atoms with Gasteiger partial charge in [0.15, 0.2) is 5.78 Å². The molecular formula is C62H88N8O10S. The molecule has 442 valence electrons. The van der Waals surface area contributed by atoms with Crippen LogP contribution >= 0.6 is 11.3 Å². The van der Waals surface area contributed by atoms with Gasteiger partial charge in [0.25, 0.3) is 0 Å². The maximum atomic E-state index is 14.5. The van der Waals surface area contributed by atoms with Crippen molar-refractivity contribution < 1.29 is 48.9 Å². The Labute approximate surface area is 481 Å². The molecule has 3 heterocycles. The highest BCUT2D eigenvalue weighted by atomic mass is 32.1. The molecule has 18 nitrogen and oxygen atoms in total. The van der Waals surface area contributed by atoms with Crippen molar-refractivity contribution in [1.82, 2.24) is 40.8 Å². The zero-order valence-electron chi connectivity index (χ0n) is 49.7. The van der Waals surface area contributed by atoms with Crippen LogP contribution in [0.3, 0.4) is 0 Å². The number of hydrogen-bond donors (Lipinski definition) is 6. The molecule has 5 aliphatic rings. The summed E-state index contributed by atoms with van der Waals surface area (Å²) in [6.45, 7) is 23.9. The first-order valence-corrected chi connectivity index (χ1v) is 30.2. The molecule has 0 unspecified atom stereocenters. The van der Waals surface area contributed by atoms with Crippen LogP contribution in [0, 0.1) is 57.7 Å². The van der Waals surface area contributed by atoms with E-state index in [0.717, 1.165) is 21.7 Å². The molecule has 2 saturated carbocycles. The predicted octanol–water partition coefficient (Wildman–Crippen LogP) is 6.97. The van der Waals surface area contributed by atoms with E-state index >= 15 is 0 Å². The van der Waals surface area contributed by atoms with Gasteiger partial charge in [0, 0.05) is 92.1 Å². The summed E-state index contributed by atoms with van der Waals surface area (Å²) in [5.41, 5.74) is 3.02. The number of nitrogens with one attached hydrogen (secondary N) is 3. The zero-order chi connectivity index (χ0) is 59.3. The molecule has 0 bridgehead atoms. The van der Waals surface area contributed by atoms with Crippen LogP contribution in [-0.2, 0) is 46.5 Å². The van der Waals surface area contributed by atoms with Gasteiger partial charge in [-0.05, 0) is 97.7 Å². The van der Waals surface area contributed by atoms with E-state index in [0.29, 0.717) is 74.9 Å². The summed E-state index contributed by atoms with van der Waals surface area (Å²) in [6, 6.07) is 5.68. The number of hydrogen-bond acceptors (Lipinski definition) is 14. The largest absolute Gasteiger partial charge is 0.392 e. The second-order valence-corrected chi connectivity index (χ2v) is 27.8. The Balaban J connectivity index is 0.758. The SMILES string of the molecule is Cc1ncsc1-c1ccc([C@H](C)NC(=O)[C@@H]2C[C@@H](O)CN2C(=O)[C@@H](NC(=O)CCCc2cn(CCCNC(=O)[C@H](C)CC(=O)C[C@@H](C)[C@H]3C[C@H](O)[C@@]4(C)C5=C(C(=O)C[C@]34C)[C@@]3(C)CCC(=O)C(C)(C)[C@@H]3C[C@@H]5O)nn2)C(C)(C)C)cc1. The summed E-state index contributed by atoms with van der Waals surface area (Å²) in [5, 5.41) is 52.0. The molecular weight excluding hydrogens is 1050 g/mol. The third kappa shape index (κ3) is 12.0. The average Bonchev–Trinajstić information content (AvgIpc) is 3.80. The lowest BCUT2D eigenvalue weighted by atomic mass is 9.42. The van der Waals surface area contributed by atoms with Crippen LogP contribution < -0.4 is 16.0 Å². The van der Waals surface area contributed by atoms with E-state index in [1.54, 1.807) is 29.1 Å². The van der Waals surface area contributed by atoms with Crippen LogP contribution in [0.1, 0.15) is 170 Å². The fourth-order valence-electron chi connectivity index (χ4n) is 15.1. The summed E-state index contributed by atoms with van der Waals surface area (Å²) in [4.78, 5) is 103. The number of thiazole rings is 1. The number of carbonyl (C=O) groups is 7. The van der Waals surface area contributed by atoms with Gasteiger partial charge in [0.05, 0.1) is 46.1 Å². The van der Waals surface area contributed by atoms with Gasteiger partial charge >= 0.3 is 0 Å². The monoisotopic (exact) mass is 1140 g/mol. The van der Waals surface area contributed by atoms with E-state index in [-0.39, 0.29) is 97.5 Å². The van der Waals surface area contributed by atoms with Crippen molar-refractivity contribution in [1.29, 1.82) is 0 Å². The van der Waals surface area contributed by atoms with Crippen LogP contribution in [0.15, 0.2) is 47.1 Å². The maximum absolute atomic E-state index is 14.5. The lowest BCUT2D eigenvalue weighted by Gasteiger charge is -2.61. The number of aliphatic hydroxyl groups excluding tert-OH is 3. The number of β-amino-alcohol motifs (C(OH)–C–C–N with tert-alkyl or cyclic N) is 1. The Hall–Kier alpha value is -5.50. The molecule has 19 heteroatoms. The summed E-state index contributed by atoms with van der Waals surface area (Å²) in [7, 11) is 0. The van der Waals surface area contributed by atoms with Crippen molar-refractivity contribution in [2.24, 2.45) is 50.7 Å². The number of benzene rings is 1. The first-order chi connectivity index (χ1) is 37.9. The molecule has 4 aliphatic carbocycles. The molecule has 8 rings (SSSR count). The average molecular weight is 1140 g/mol. The van der Waals surface area contributed by atoms with E-state index in [4.69, 9.17) is 0 Å². The van der Waals surface area contributed by atoms with Crippen LogP contribution in [0.2, 0.25) is 0 Å². The normalized spacial score (nSPS) is 29.5. The minimum Gasteiger partial charge on any atom is -0.392 e. The number of likely N-dealkylation sites (tertiary alicyclic amines) is 1. The smallest absolute Gasteiger partial charge is 0.246 e. The Bertz CT molecular complexity index is 2920. The topological polar surface area (TPSA) is 263 Å². The molecule has 1 saturated heterocycles. The van der Waals surface area contributed by atoms with E-state index in [1.807, 2.05) is 99.0 Å². The van der Waals surface area contributed by atoms with E-state index < -0.39 is 69.3 Å². The van der Waals surface area contributed by atoms with Crippen molar-refractivity contribution in [3.63, 3.8) is 0 Å². The molecule has 2 aromatic heterocycles. The predicted molar refractivity (Wildman–Crippen MR) is 307 cm³/mol. The fraction of sp³-hybridized carbons (Fsp3) is 0.677. The van der Waals surface area contributed by atoms with E-state index in [9.17, 15) is 48.9 Å². The summed E-state index contributed by atoms with van der Waals surface area (Å²) in [6.07, 6.45) is 2.80. The highest BCUT2D eigenvalue weighted by Crippen LogP contribution is 2.71. The molecule has 0 spiro atoms. The van der Waals surface area contributed by atoms with Gasteiger partial charge in [-0.2, -0.15) is 0 Å². The van der Waals surface area contributed by atoms with Crippen molar-refractivity contribution >= 4 is 52.3 Å². The van der Waals surface area contributed by atoms with E-state index in [2.05, 4.69) is 38.2 Å². The third-order valence-electron chi connectivity index (χ3n) is 19.9. The van der Waals surface area contributed by atoms with Crippen molar-refractivity contribution in [2.45, 2.75) is 203 Å². The molecule has 81 heavy (non-hydrogen) atoms. The third-order valence-corrected chi connectivity index (χ3v) is 20.9. The van der Waals surface area contributed by atoms with Crippen LogP contribution in [0.25, 0.3) is 10.4 Å². The first kappa shape index (κ1) is 61.6. The molecule has 1 aliphatic heterocycles. The lowest BCUT2D eigenvalue weighted by molar-refractivity contribution is -0.146. The highest BCUT2D eigenvalue weighted by Gasteiger charge is 2.70. The van der Waals surface area contributed by atoms with Gasteiger partial charge in [-0.1, -0.05) is 98.7 Å². The molecule has 4 amide bonds. The number of fused-ring (bicyclic) bond motifs is 4. The summed E-state index contributed by atoms with van der Waals surface area (Å²) < 4.78 is 1.68. The van der Waals surface area contributed by atoms with Gasteiger partial charge in [0.1, 0.15) is 23.7 Å². The number of amides is 4. The minimum atomic E-state index is -0.967. The summed E-state index contributed by atoms with van der Waals surface area (Å²) in [5.74, 6) is -2.48. The Kier molecular flexibility index (Phi) is 18.0. The second-order valence-electron chi connectivity index (χ2n) is 26.9. The first-order valence-electron chi connectivity index (χ1n) is 29.4. The number of carbonyl (C=O) groups excluding carboxylic acids is 7. The number of aromatic nitrogens is 4. The quantitative estimate of drug-likeness (QED) is 0.0626. The van der Waals surface area contributed by atoms with Gasteiger partial charge in [0.2, 0.25) is 23.6 Å². The van der Waals surface area contributed by atoms with Crippen LogP contribution in [0.4, 0.5) is 0 Å². The van der Waals surface area contributed by atoms with E-state index in [1.165, 1.54) is 4.90 Å². The number of aryl methyl sites for hydroxylation is 3. The Morgan fingerprint density at radius 3 is 2.28 bits per heavy atom. The number of nitrogens with zero attached hydrogens (tertiary/aromatic N) is 5. The lowest BCUT2D eigenvalue weighted by Crippen LogP contribution is -2.60. The Morgan fingerprint density at radius 1 is 0.914 bits per heavy atom. The number of aliphatic hydroxyl groups is 3. The Morgan fingerprint density at radius 2 is 1.62 bits per heavy atom. The highest BCUT2D eigenvalue weighted by molar-refractivity contribution is 7.13. The molecule has 6 N–H and O–H groups in total. The van der Waals surface area contributed by atoms with Crippen molar-refractivity contribution in [2.75, 3.05) is 13.1 Å². The number of Topliss-reactive ketones (excluding diaryl/α,β-unsaturated/α-hetero) is 3. The van der Waals surface area contributed by atoms with Gasteiger partial charge in [-0.25, -0.2) is 4.98 Å². The fourth-order valence-corrected chi connectivity index (χ4v) is 15.9. The number of allylic oxidation sites excluding steroid dienone is 1. The second kappa shape index (κ2) is 23.6. The molecule has 1 aromatic carbocycles. The maximum Gasteiger partial charge on any atom is 0.246 e. The standard InChI is InChI=1S/C62H88N8O10S/c1-34(43-28-49(76)62(12)52-45(73)29-47-59(8,9)48(75)21-22-60(47,10)51(52)46(74)30-61(43,62)11)25-41(71)26-35(2)55(78)63-23-14-24-69-31-40(67-68-69)15-13-16-50(77)66-54(58(5,6)7)57(80)70-32-42(72)27-44(70)56(79)65-36(3)38-17-19-39(20-18-38)53-37(4)64-33-81-53/h17-20,31,33-36,42-45,47,49,54,72-73,76H,13-16,21-30,32H2,1-12H3,(H,63,78)(H,65,79)(H,66,77)/t34-,35-,36+,42-,43-,44+,45+,47+,49+,54-,60+,61-,62+/m1/s1. The van der Waals surface area contributed by atoms with Gasteiger partial charge in [-0.15, -0.1) is 16.4 Å². The zero-order valence-corrected chi connectivity index (χ0v) is 50.5. The van der Waals surface area contributed by atoms with Crippen molar-refractivity contribution in [3.8, 4) is 10.4 Å². The number of ketones is 3. The molecule has 3 fully saturated rings. The van der Waals surface area contributed by atoms with Gasteiger partial charge < -0.3 is 36.2 Å². The molecule has 0 radical (unpaired) electrons. The minimum absolute atomic E-state index is 0.0270. The molecule has 13 atom stereocenters.